The van der Waals surface area contributed by atoms with Crippen molar-refractivity contribution in [2.24, 2.45) is 5.92 Å². The van der Waals surface area contributed by atoms with E-state index in [1.54, 1.807) is 44.4 Å². The number of anilines is 1. The molecule has 2 N–H and O–H groups in total. The number of aryl methyl sites for hydroxylation is 1. The number of thioether (sulfide) groups is 1. The quantitative estimate of drug-likeness (QED) is 0.395. The molecule has 0 saturated heterocycles. The van der Waals surface area contributed by atoms with E-state index in [2.05, 4.69) is 20.8 Å². The topological polar surface area (TPSA) is 98.1 Å². The average molecular weight is 500 g/mol. The number of ether oxygens (including phenoxy) is 1. The van der Waals surface area contributed by atoms with Crippen LogP contribution in [0.4, 0.5) is 10.1 Å². The van der Waals surface area contributed by atoms with Gasteiger partial charge in [-0.2, -0.15) is 0 Å². The molecule has 0 fully saturated rings. The maximum atomic E-state index is 13.5. The Morgan fingerprint density at radius 2 is 1.86 bits per heavy atom. The Bertz CT molecular complexity index is 1180. The molecule has 0 bridgehead atoms. The Morgan fingerprint density at radius 3 is 2.49 bits per heavy atom. The lowest BCUT2D eigenvalue weighted by molar-refractivity contribution is -0.113. The number of carbonyl (C=O) groups excluding carboxylic acids is 2. The number of aromatic nitrogens is 3. The van der Waals surface area contributed by atoms with Gasteiger partial charge >= 0.3 is 0 Å². The van der Waals surface area contributed by atoms with Gasteiger partial charge in [0.05, 0.1) is 18.9 Å². The van der Waals surface area contributed by atoms with E-state index in [1.165, 1.54) is 23.9 Å². The van der Waals surface area contributed by atoms with Crippen LogP contribution in [0.1, 0.15) is 48.6 Å². The summed E-state index contributed by atoms with van der Waals surface area (Å²) < 4.78 is 20.6. The number of hydrogen-bond acceptors (Lipinski definition) is 6. The number of benzene rings is 2. The number of hydrogen-bond donors (Lipinski definition) is 2. The van der Waals surface area contributed by atoms with Crippen LogP contribution in [0.2, 0.25) is 0 Å². The van der Waals surface area contributed by atoms with Crippen molar-refractivity contribution in [2.45, 2.75) is 45.4 Å². The fourth-order valence-electron chi connectivity index (χ4n) is 3.48. The van der Waals surface area contributed by atoms with E-state index in [4.69, 9.17) is 4.74 Å². The fourth-order valence-corrected chi connectivity index (χ4v) is 4.29. The van der Waals surface area contributed by atoms with Gasteiger partial charge in [-0.1, -0.05) is 31.7 Å². The highest BCUT2D eigenvalue weighted by molar-refractivity contribution is 7.99. The molecule has 2 amide bonds. The molecular weight excluding hydrogens is 469 g/mol. The van der Waals surface area contributed by atoms with Gasteiger partial charge in [-0.05, 0) is 61.7 Å². The van der Waals surface area contributed by atoms with E-state index >= 15 is 0 Å². The first-order valence-corrected chi connectivity index (χ1v) is 12.3. The van der Waals surface area contributed by atoms with Crippen LogP contribution in [0.15, 0.2) is 47.6 Å². The zero-order valence-corrected chi connectivity index (χ0v) is 21.3. The van der Waals surface area contributed by atoms with Crippen LogP contribution in [0, 0.1) is 18.7 Å². The van der Waals surface area contributed by atoms with Crippen molar-refractivity contribution in [3.8, 4) is 5.75 Å². The molecule has 8 nitrogen and oxygen atoms in total. The van der Waals surface area contributed by atoms with Gasteiger partial charge in [-0.3, -0.25) is 9.59 Å². The van der Waals surface area contributed by atoms with E-state index in [0.717, 1.165) is 5.56 Å². The number of nitrogens with one attached hydrogen (secondary N) is 2. The fraction of sp³-hybridized carbons (Fsp3) is 0.360. The van der Waals surface area contributed by atoms with Crippen molar-refractivity contribution in [3.63, 3.8) is 0 Å². The predicted molar refractivity (Wildman–Crippen MR) is 134 cm³/mol. The molecule has 35 heavy (non-hydrogen) atoms. The summed E-state index contributed by atoms with van der Waals surface area (Å²) in [4.78, 5) is 25.4. The first kappa shape index (κ1) is 26.2. The zero-order valence-electron chi connectivity index (χ0n) is 20.5. The predicted octanol–water partition coefficient (Wildman–Crippen LogP) is 4.61. The van der Waals surface area contributed by atoms with Crippen LogP contribution in [-0.2, 0) is 11.3 Å². The summed E-state index contributed by atoms with van der Waals surface area (Å²) in [5, 5.41) is 15.0. The van der Waals surface area contributed by atoms with Crippen molar-refractivity contribution < 1.29 is 18.7 Å². The lowest BCUT2D eigenvalue weighted by Crippen LogP contribution is -2.33. The summed E-state index contributed by atoms with van der Waals surface area (Å²) in [6.07, 6.45) is 0. The third-order valence-corrected chi connectivity index (χ3v) is 6.42. The second-order valence-electron chi connectivity index (χ2n) is 8.30. The third-order valence-electron chi connectivity index (χ3n) is 5.45. The Balaban J connectivity index is 1.71. The van der Waals surface area contributed by atoms with Crippen LogP contribution in [0.3, 0.4) is 0 Å². The first-order valence-electron chi connectivity index (χ1n) is 11.3. The summed E-state index contributed by atoms with van der Waals surface area (Å²) in [6.45, 7) is 8.31. The second-order valence-corrected chi connectivity index (χ2v) is 9.25. The molecule has 0 saturated carbocycles. The summed E-state index contributed by atoms with van der Waals surface area (Å²) in [7, 11) is 1.57. The standard InChI is InChI=1S/C25H30FN5O3S/c1-6-31-23(22(15(2)3)28-24(33)17-8-11-19(34-5)12-9-17)29-30-25(31)35-14-21(32)27-20-13-18(26)10-7-16(20)4/h7-13,15,22H,6,14H2,1-5H3,(H,27,32)(H,28,33)/t22-/m0/s1. The van der Waals surface area contributed by atoms with Crippen LogP contribution >= 0.6 is 11.8 Å². The van der Waals surface area contributed by atoms with E-state index in [0.29, 0.717) is 34.5 Å². The summed E-state index contributed by atoms with van der Waals surface area (Å²) in [5.41, 5.74) is 1.73. The normalized spacial score (nSPS) is 11.9. The molecule has 3 rings (SSSR count). The van der Waals surface area contributed by atoms with Gasteiger partial charge in [0, 0.05) is 17.8 Å². The van der Waals surface area contributed by atoms with Crippen LogP contribution in [0.5, 0.6) is 5.75 Å². The molecule has 0 spiro atoms. The number of methoxy groups -OCH3 is 1. The Kier molecular flexibility index (Phi) is 8.86. The Hall–Kier alpha value is -3.40. The number of carbonyl (C=O) groups is 2. The van der Waals surface area contributed by atoms with Gasteiger partial charge in [0.15, 0.2) is 11.0 Å². The van der Waals surface area contributed by atoms with Crippen LogP contribution < -0.4 is 15.4 Å². The molecule has 0 unspecified atom stereocenters. The monoisotopic (exact) mass is 499 g/mol. The largest absolute Gasteiger partial charge is 0.497 e. The third kappa shape index (κ3) is 6.60. The Labute approximate surface area is 208 Å². The second kappa shape index (κ2) is 11.8. The van der Waals surface area contributed by atoms with Gasteiger partial charge < -0.3 is 19.9 Å². The SMILES string of the molecule is CCn1c(SCC(=O)Nc2cc(F)ccc2C)nnc1[C@@H](NC(=O)c1ccc(OC)cc1)C(C)C. The van der Waals surface area contributed by atoms with E-state index < -0.39 is 5.82 Å². The summed E-state index contributed by atoms with van der Waals surface area (Å²) in [6, 6.07) is 10.8. The highest BCUT2D eigenvalue weighted by Gasteiger charge is 2.26. The number of amides is 2. The minimum atomic E-state index is -0.412. The molecule has 1 heterocycles. The first-order chi connectivity index (χ1) is 16.7. The molecule has 0 radical (unpaired) electrons. The molecule has 0 aliphatic heterocycles. The number of halogens is 1. The van der Waals surface area contributed by atoms with Crippen molar-refractivity contribution in [3.05, 3.63) is 65.2 Å². The molecule has 2 aromatic carbocycles. The highest BCUT2D eigenvalue weighted by atomic mass is 32.2. The minimum absolute atomic E-state index is 0.0452. The summed E-state index contributed by atoms with van der Waals surface area (Å²) in [5.74, 6) is 0.507. The van der Waals surface area contributed by atoms with Crippen molar-refractivity contribution >= 4 is 29.3 Å². The van der Waals surface area contributed by atoms with Crippen molar-refractivity contribution in [2.75, 3.05) is 18.2 Å². The van der Waals surface area contributed by atoms with Crippen molar-refractivity contribution in [1.29, 1.82) is 0 Å². The molecule has 0 aliphatic carbocycles. The maximum absolute atomic E-state index is 13.5. The number of nitrogens with zero attached hydrogens (tertiary/aromatic N) is 3. The Morgan fingerprint density at radius 1 is 1.14 bits per heavy atom. The van der Waals surface area contributed by atoms with Gasteiger partial charge in [-0.25, -0.2) is 4.39 Å². The average Bonchev–Trinajstić information content (AvgIpc) is 3.25. The molecule has 10 heteroatoms. The highest BCUT2D eigenvalue weighted by Crippen LogP contribution is 2.26. The van der Waals surface area contributed by atoms with Crippen LogP contribution in [-0.4, -0.2) is 39.4 Å². The van der Waals surface area contributed by atoms with E-state index in [-0.39, 0.29) is 29.5 Å². The maximum Gasteiger partial charge on any atom is 0.251 e. The van der Waals surface area contributed by atoms with Gasteiger partial charge in [0.2, 0.25) is 5.91 Å². The zero-order chi connectivity index (χ0) is 25.5. The smallest absolute Gasteiger partial charge is 0.251 e. The molecule has 186 valence electrons. The van der Waals surface area contributed by atoms with Gasteiger partial charge in [0.25, 0.3) is 5.91 Å². The molecule has 1 atom stereocenters. The molecule has 1 aromatic heterocycles. The van der Waals surface area contributed by atoms with E-state index in [9.17, 15) is 14.0 Å². The summed E-state index contributed by atoms with van der Waals surface area (Å²) >= 11 is 1.24. The lowest BCUT2D eigenvalue weighted by Gasteiger charge is -2.22. The minimum Gasteiger partial charge on any atom is -0.497 e. The number of rotatable bonds is 10. The lowest BCUT2D eigenvalue weighted by atomic mass is 10.0. The molecular formula is C25H30FN5O3S. The van der Waals surface area contributed by atoms with Crippen molar-refractivity contribution in [1.82, 2.24) is 20.1 Å². The van der Waals surface area contributed by atoms with Gasteiger partial charge in [-0.15, -0.1) is 10.2 Å². The molecule has 3 aromatic rings. The van der Waals surface area contributed by atoms with Gasteiger partial charge in [0.1, 0.15) is 11.6 Å². The molecule has 0 aliphatic rings. The van der Waals surface area contributed by atoms with E-state index in [1.807, 2.05) is 25.3 Å². The van der Waals surface area contributed by atoms with Crippen LogP contribution in [0.25, 0.3) is 0 Å².